The number of para-hydroxylation sites is 2. The van der Waals surface area contributed by atoms with E-state index in [-0.39, 0.29) is 11.0 Å². The number of fused-ring (bicyclic) bond motifs is 4. The number of nitrogens with zero attached hydrogens (tertiary/aromatic N) is 2. The first-order valence-electron chi connectivity index (χ1n) is 11.7. The summed E-state index contributed by atoms with van der Waals surface area (Å²) in [4.78, 5) is 19.7. The molecule has 5 rings (SSSR count). The molecule has 1 aromatic heterocycles. The van der Waals surface area contributed by atoms with Crippen LogP contribution in [0.15, 0.2) is 70.6 Å². The van der Waals surface area contributed by atoms with Crippen LogP contribution < -0.4 is 10.3 Å². The quantitative estimate of drug-likeness (QED) is 0.254. The maximum atomic E-state index is 14.5. The molecule has 33 heavy (non-hydrogen) atoms. The van der Waals surface area contributed by atoms with Gasteiger partial charge in [-0.05, 0) is 43.9 Å². The van der Waals surface area contributed by atoms with Crippen LogP contribution in [0.2, 0.25) is 0 Å². The van der Waals surface area contributed by atoms with Crippen LogP contribution >= 0.6 is 11.8 Å². The molecule has 4 nitrogen and oxygen atoms in total. The highest BCUT2D eigenvalue weighted by molar-refractivity contribution is 7.99. The molecule has 0 aliphatic heterocycles. The van der Waals surface area contributed by atoms with Crippen molar-refractivity contribution in [3.05, 3.63) is 82.2 Å². The highest BCUT2D eigenvalue weighted by Gasteiger charge is 2.43. The fourth-order valence-corrected chi connectivity index (χ4v) is 6.34. The van der Waals surface area contributed by atoms with E-state index in [1.54, 1.807) is 23.4 Å². The molecule has 0 atom stereocenters. The average Bonchev–Trinajstić information content (AvgIpc) is 2.83. The smallest absolute Gasteiger partial charge is 0.263 e. The maximum absolute atomic E-state index is 14.5. The summed E-state index contributed by atoms with van der Waals surface area (Å²) in [7, 11) is 1.65. The third kappa shape index (κ3) is 3.82. The topological polar surface area (TPSA) is 44.1 Å². The summed E-state index contributed by atoms with van der Waals surface area (Å²) in [5.74, 6) is 1.38. The van der Waals surface area contributed by atoms with E-state index in [1.165, 1.54) is 12.0 Å². The van der Waals surface area contributed by atoms with E-state index < -0.39 is 0 Å². The highest BCUT2D eigenvalue weighted by Crippen LogP contribution is 2.49. The summed E-state index contributed by atoms with van der Waals surface area (Å²) in [6, 6.07) is 16.2. The molecule has 0 unspecified atom stereocenters. The second-order valence-electron chi connectivity index (χ2n) is 9.35. The lowest BCUT2D eigenvalue weighted by atomic mass is 9.62. The molecular weight excluding hydrogens is 428 g/mol. The van der Waals surface area contributed by atoms with Gasteiger partial charge in [-0.3, -0.25) is 9.36 Å². The summed E-state index contributed by atoms with van der Waals surface area (Å²) in [5, 5.41) is 0.689. The number of ether oxygens (including phenoxy) is 1. The Morgan fingerprint density at radius 3 is 2.61 bits per heavy atom. The Hall–Kier alpha value is -2.79. The Labute approximate surface area is 199 Å². The molecule has 1 fully saturated rings. The van der Waals surface area contributed by atoms with Gasteiger partial charge in [-0.25, -0.2) is 4.98 Å². The van der Waals surface area contributed by atoms with E-state index >= 15 is 0 Å². The van der Waals surface area contributed by atoms with E-state index in [0.29, 0.717) is 16.7 Å². The van der Waals surface area contributed by atoms with Crippen molar-refractivity contribution < 1.29 is 4.74 Å². The third-order valence-corrected chi connectivity index (χ3v) is 8.14. The van der Waals surface area contributed by atoms with Gasteiger partial charge in [0.1, 0.15) is 5.75 Å². The molecule has 3 aromatic rings. The molecule has 0 amide bonds. The van der Waals surface area contributed by atoms with E-state index in [9.17, 15) is 4.79 Å². The number of hydrogen-bond acceptors (Lipinski definition) is 4. The summed E-state index contributed by atoms with van der Waals surface area (Å²) < 4.78 is 7.45. The van der Waals surface area contributed by atoms with E-state index in [4.69, 9.17) is 9.72 Å². The molecule has 2 aromatic carbocycles. The van der Waals surface area contributed by atoms with E-state index in [2.05, 4.69) is 30.8 Å². The Morgan fingerprint density at radius 2 is 1.85 bits per heavy atom. The van der Waals surface area contributed by atoms with E-state index in [0.717, 1.165) is 60.2 Å². The molecule has 0 bridgehead atoms. The van der Waals surface area contributed by atoms with Gasteiger partial charge in [0.15, 0.2) is 5.16 Å². The van der Waals surface area contributed by atoms with Crippen molar-refractivity contribution >= 4 is 11.8 Å². The minimum Gasteiger partial charge on any atom is -0.495 e. The largest absolute Gasteiger partial charge is 0.495 e. The van der Waals surface area contributed by atoms with Crippen molar-refractivity contribution in [1.82, 2.24) is 9.55 Å². The number of hydrogen-bond donors (Lipinski definition) is 0. The molecule has 5 heteroatoms. The zero-order chi connectivity index (χ0) is 23.0. The summed E-state index contributed by atoms with van der Waals surface area (Å²) in [5.41, 5.74) is 5.87. The Balaban J connectivity index is 1.84. The number of methoxy groups -OCH3 is 1. The van der Waals surface area contributed by atoms with Gasteiger partial charge in [0.2, 0.25) is 0 Å². The zero-order valence-corrected chi connectivity index (χ0v) is 20.2. The van der Waals surface area contributed by atoms with Crippen LogP contribution in [-0.2, 0) is 11.8 Å². The van der Waals surface area contributed by atoms with Crippen molar-refractivity contribution in [2.75, 3.05) is 12.9 Å². The van der Waals surface area contributed by atoms with E-state index in [1.807, 2.05) is 31.2 Å². The Kier molecular flexibility index (Phi) is 5.92. The molecule has 0 N–H and O–H groups in total. The number of rotatable bonds is 5. The Morgan fingerprint density at radius 1 is 1.12 bits per heavy atom. The minimum absolute atomic E-state index is 0.0464. The summed E-state index contributed by atoms with van der Waals surface area (Å²) in [6.07, 6.45) is 6.53. The van der Waals surface area contributed by atoms with Gasteiger partial charge in [0.05, 0.1) is 24.1 Å². The number of aromatic nitrogens is 2. The van der Waals surface area contributed by atoms with Crippen molar-refractivity contribution in [3.63, 3.8) is 0 Å². The monoisotopic (exact) mass is 458 g/mol. The van der Waals surface area contributed by atoms with Crippen LogP contribution in [0.5, 0.6) is 5.75 Å². The van der Waals surface area contributed by atoms with Crippen LogP contribution in [0.4, 0.5) is 0 Å². The fourth-order valence-electron chi connectivity index (χ4n) is 5.50. The standard InChI is InChI=1S/C28H30N2O2S/c1-19(2)18-33-27-29-25-21-12-6-5-11-20(21)17-28(15-9-4-10-16-28)24(25)26(31)30(27)22-13-7-8-14-23(22)32-3/h5-8,11-14H,1,4,9-10,15-18H2,2-3H3. The molecule has 1 saturated carbocycles. The second-order valence-corrected chi connectivity index (χ2v) is 10.3. The third-order valence-electron chi connectivity index (χ3n) is 6.97. The molecule has 170 valence electrons. The molecule has 1 spiro atoms. The molecular formula is C28H30N2O2S. The first-order chi connectivity index (χ1) is 16.0. The second kappa shape index (κ2) is 8.86. The first-order valence-corrected chi connectivity index (χ1v) is 12.7. The van der Waals surface area contributed by atoms with Gasteiger partial charge in [-0.1, -0.05) is 79.6 Å². The van der Waals surface area contributed by atoms with Gasteiger partial charge in [0.25, 0.3) is 5.56 Å². The SMILES string of the molecule is C=C(C)CSc1nc2c(c(=O)n1-c1ccccc1OC)C1(CCCCC1)Cc1ccccc1-2. The molecule has 0 radical (unpaired) electrons. The highest BCUT2D eigenvalue weighted by atomic mass is 32.2. The predicted molar refractivity (Wildman–Crippen MR) is 136 cm³/mol. The van der Waals surface area contributed by atoms with Crippen molar-refractivity contribution in [3.8, 4) is 22.7 Å². The lowest BCUT2D eigenvalue weighted by molar-refractivity contribution is 0.283. The maximum Gasteiger partial charge on any atom is 0.263 e. The van der Waals surface area contributed by atoms with Gasteiger partial charge < -0.3 is 4.74 Å². The summed E-state index contributed by atoms with van der Waals surface area (Å²) >= 11 is 1.56. The number of benzene rings is 2. The lowest BCUT2D eigenvalue weighted by Crippen LogP contribution is -2.43. The summed E-state index contributed by atoms with van der Waals surface area (Å²) in [6.45, 7) is 6.06. The minimum atomic E-state index is -0.146. The average molecular weight is 459 g/mol. The zero-order valence-electron chi connectivity index (χ0n) is 19.4. The van der Waals surface area contributed by atoms with Crippen LogP contribution in [-0.4, -0.2) is 22.4 Å². The van der Waals surface area contributed by atoms with Gasteiger partial charge in [-0.2, -0.15) is 0 Å². The lowest BCUT2D eigenvalue weighted by Gasteiger charge is -2.42. The van der Waals surface area contributed by atoms with Crippen LogP contribution in [0.3, 0.4) is 0 Å². The molecule has 0 saturated heterocycles. The first kappa shape index (κ1) is 22.0. The van der Waals surface area contributed by atoms with Crippen molar-refractivity contribution in [2.24, 2.45) is 0 Å². The molecule has 1 heterocycles. The van der Waals surface area contributed by atoms with Crippen LogP contribution in [0.1, 0.15) is 50.2 Å². The van der Waals surface area contributed by atoms with Crippen molar-refractivity contribution in [2.45, 2.75) is 56.0 Å². The normalized spacial score (nSPS) is 16.2. The van der Waals surface area contributed by atoms with Crippen LogP contribution in [0.25, 0.3) is 16.9 Å². The fraction of sp³-hybridized carbons (Fsp3) is 0.357. The van der Waals surface area contributed by atoms with Gasteiger partial charge in [0, 0.05) is 16.7 Å². The Bertz CT molecular complexity index is 1270. The van der Waals surface area contributed by atoms with Crippen molar-refractivity contribution in [1.29, 1.82) is 0 Å². The van der Waals surface area contributed by atoms with Crippen LogP contribution in [0, 0.1) is 0 Å². The molecule has 2 aliphatic carbocycles. The van der Waals surface area contributed by atoms with Gasteiger partial charge in [-0.15, -0.1) is 0 Å². The van der Waals surface area contributed by atoms with Gasteiger partial charge >= 0.3 is 0 Å². The molecule has 2 aliphatic rings. The number of thioether (sulfide) groups is 1. The predicted octanol–water partition coefficient (Wildman–Crippen LogP) is 6.33.